The van der Waals surface area contributed by atoms with Crippen LogP contribution in [0.1, 0.15) is 39.5 Å². The summed E-state index contributed by atoms with van der Waals surface area (Å²) in [5.41, 5.74) is 3.62. The number of aliphatic hydroxyl groups is 1. The lowest BCUT2D eigenvalue weighted by atomic mass is 9.98. The van der Waals surface area contributed by atoms with Gasteiger partial charge in [-0.05, 0) is 41.0 Å². The van der Waals surface area contributed by atoms with Crippen molar-refractivity contribution in [2.45, 2.75) is 19.1 Å². The van der Waals surface area contributed by atoms with Gasteiger partial charge in [-0.25, -0.2) is 9.80 Å². The van der Waals surface area contributed by atoms with Gasteiger partial charge in [-0.15, -0.1) is 0 Å². The van der Waals surface area contributed by atoms with Crippen LogP contribution in [-0.2, 0) is 16.1 Å². The zero-order valence-electron chi connectivity index (χ0n) is 18.2. The van der Waals surface area contributed by atoms with Crippen molar-refractivity contribution in [2.75, 3.05) is 13.7 Å². The SMILES string of the molecule is COc1ccc(C2CC(c3ccccc3)=NN2C(=O)COC(=O)c2ccc(CO)cc2)cc1. The van der Waals surface area contributed by atoms with E-state index in [1.54, 1.807) is 31.4 Å². The number of aliphatic hydroxyl groups excluding tert-OH is 1. The van der Waals surface area contributed by atoms with Crippen LogP contribution in [0.4, 0.5) is 0 Å². The van der Waals surface area contributed by atoms with Crippen molar-refractivity contribution in [2.24, 2.45) is 5.10 Å². The van der Waals surface area contributed by atoms with Crippen molar-refractivity contribution in [3.05, 3.63) is 101 Å². The lowest BCUT2D eigenvalue weighted by molar-refractivity contribution is -0.136. The second-order valence-corrected chi connectivity index (χ2v) is 7.58. The lowest BCUT2D eigenvalue weighted by Crippen LogP contribution is -2.31. The molecule has 0 fully saturated rings. The Kier molecular flexibility index (Phi) is 6.80. The molecule has 0 saturated carbocycles. The van der Waals surface area contributed by atoms with Gasteiger partial charge in [-0.1, -0.05) is 54.6 Å². The van der Waals surface area contributed by atoms with E-state index >= 15 is 0 Å². The number of amides is 1. The molecule has 1 N–H and O–H groups in total. The number of carbonyl (C=O) groups excluding carboxylic acids is 2. The summed E-state index contributed by atoms with van der Waals surface area (Å²) in [6, 6.07) is 23.2. The number of esters is 1. The van der Waals surface area contributed by atoms with Gasteiger partial charge in [-0.2, -0.15) is 5.10 Å². The summed E-state index contributed by atoms with van der Waals surface area (Å²) in [4.78, 5) is 25.4. The fraction of sp³-hybridized carbons (Fsp3) is 0.192. The molecule has 0 radical (unpaired) electrons. The van der Waals surface area contributed by atoms with Gasteiger partial charge in [0.05, 0.1) is 31.0 Å². The van der Waals surface area contributed by atoms with Gasteiger partial charge in [-0.3, -0.25) is 4.79 Å². The molecular formula is C26H24N2O5. The van der Waals surface area contributed by atoms with E-state index in [2.05, 4.69) is 5.10 Å². The minimum atomic E-state index is -0.611. The Morgan fingerprint density at radius 3 is 2.33 bits per heavy atom. The van der Waals surface area contributed by atoms with Gasteiger partial charge < -0.3 is 14.6 Å². The van der Waals surface area contributed by atoms with Crippen molar-refractivity contribution in [3.8, 4) is 5.75 Å². The highest BCUT2D eigenvalue weighted by molar-refractivity contribution is 6.03. The van der Waals surface area contributed by atoms with Crippen molar-refractivity contribution in [1.82, 2.24) is 5.01 Å². The fourth-order valence-electron chi connectivity index (χ4n) is 3.65. The number of nitrogens with zero attached hydrogens (tertiary/aromatic N) is 2. The number of ether oxygens (including phenoxy) is 2. The summed E-state index contributed by atoms with van der Waals surface area (Å²) in [7, 11) is 1.60. The van der Waals surface area contributed by atoms with Gasteiger partial charge in [0.1, 0.15) is 5.75 Å². The topological polar surface area (TPSA) is 88.4 Å². The first kappa shape index (κ1) is 22.2. The van der Waals surface area contributed by atoms with Crippen LogP contribution in [0, 0.1) is 0 Å². The third-order valence-electron chi connectivity index (χ3n) is 5.47. The standard InChI is InChI=1S/C26H24N2O5/c1-32-22-13-11-20(12-14-22)24-15-23(19-5-3-2-4-6-19)27-28(24)25(30)17-33-26(31)21-9-7-18(16-29)8-10-21/h2-14,24,29H,15-17H2,1H3. The molecule has 33 heavy (non-hydrogen) atoms. The highest BCUT2D eigenvalue weighted by Crippen LogP contribution is 2.33. The summed E-state index contributed by atoms with van der Waals surface area (Å²) < 4.78 is 10.5. The molecule has 3 aromatic carbocycles. The summed E-state index contributed by atoms with van der Waals surface area (Å²) in [5.74, 6) is -0.303. The Bertz CT molecular complexity index is 1140. The number of benzene rings is 3. The number of methoxy groups -OCH3 is 1. The average molecular weight is 444 g/mol. The molecule has 0 saturated heterocycles. The third kappa shape index (κ3) is 5.10. The third-order valence-corrected chi connectivity index (χ3v) is 5.47. The van der Waals surface area contributed by atoms with E-state index in [9.17, 15) is 9.59 Å². The second kappa shape index (κ2) is 10.1. The average Bonchev–Trinajstić information content (AvgIpc) is 3.33. The fourth-order valence-corrected chi connectivity index (χ4v) is 3.65. The highest BCUT2D eigenvalue weighted by atomic mass is 16.5. The molecule has 0 spiro atoms. The minimum absolute atomic E-state index is 0.114. The first-order valence-electron chi connectivity index (χ1n) is 10.5. The quantitative estimate of drug-likeness (QED) is 0.561. The number of hydrazone groups is 1. The van der Waals surface area contributed by atoms with Gasteiger partial charge in [0.25, 0.3) is 5.91 Å². The molecule has 0 aliphatic carbocycles. The molecule has 7 nitrogen and oxygen atoms in total. The van der Waals surface area contributed by atoms with Crippen LogP contribution >= 0.6 is 0 Å². The molecular weight excluding hydrogens is 420 g/mol. The van der Waals surface area contributed by atoms with Crippen LogP contribution in [0.2, 0.25) is 0 Å². The van der Waals surface area contributed by atoms with E-state index in [1.165, 1.54) is 5.01 Å². The van der Waals surface area contributed by atoms with Crippen LogP contribution in [-0.4, -0.2) is 41.4 Å². The maximum absolute atomic E-state index is 13.0. The summed E-state index contributed by atoms with van der Waals surface area (Å²) in [6.07, 6.45) is 0.540. The molecule has 4 rings (SSSR count). The highest BCUT2D eigenvalue weighted by Gasteiger charge is 2.33. The Morgan fingerprint density at radius 2 is 1.70 bits per heavy atom. The van der Waals surface area contributed by atoms with Gasteiger partial charge >= 0.3 is 5.97 Å². The number of carbonyl (C=O) groups is 2. The van der Waals surface area contributed by atoms with Crippen molar-refractivity contribution < 1.29 is 24.2 Å². The van der Waals surface area contributed by atoms with E-state index < -0.39 is 18.5 Å². The summed E-state index contributed by atoms with van der Waals surface area (Å²) in [5, 5.41) is 15.1. The van der Waals surface area contributed by atoms with E-state index in [4.69, 9.17) is 14.6 Å². The molecule has 7 heteroatoms. The Hall–Kier alpha value is -3.97. The Balaban J connectivity index is 1.51. The zero-order chi connectivity index (χ0) is 23.2. The van der Waals surface area contributed by atoms with E-state index in [1.807, 2.05) is 54.6 Å². The molecule has 1 atom stereocenters. The lowest BCUT2D eigenvalue weighted by Gasteiger charge is -2.22. The monoisotopic (exact) mass is 444 g/mol. The molecule has 1 unspecified atom stereocenters. The van der Waals surface area contributed by atoms with Crippen LogP contribution < -0.4 is 4.74 Å². The Labute approximate surface area is 191 Å². The van der Waals surface area contributed by atoms with Crippen LogP contribution in [0.5, 0.6) is 5.75 Å². The van der Waals surface area contributed by atoms with Crippen LogP contribution in [0.25, 0.3) is 0 Å². The van der Waals surface area contributed by atoms with Crippen molar-refractivity contribution >= 4 is 17.6 Å². The van der Waals surface area contributed by atoms with Crippen LogP contribution in [0.3, 0.4) is 0 Å². The first-order valence-corrected chi connectivity index (χ1v) is 10.5. The summed E-state index contributed by atoms with van der Waals surface area (Å²) in [6.45, 7) is -0.546. The predicted molar refractivity (Wildman–Crippen MR) is 123 cm³/mol. The molecule has 168 valence electrons. The number of rotatable bonds is 7. The number of hydrogen-bond donors (Lipinski definition) is 1. The predicted octanol–water partition coefficient (Wildman–Crippen LogP) is 3.72. The van der Waals surface area contributed by atoms with E-state index in [0.717, 1.165) is 22.6 Å². The van der Waals surface area contributed by atoms with Gasteiger partial charge in [0, 0.05) is 6.42 Å². The molecule has 1 heterocycles. The van der Waals surface area contributed by atoms with Crippen molar-refractivity contribution in [3.63, 3.8) is 0 Å². The zero-order valence-corrected chi connectivity index (χ0v) is 18.2. The molecule has 1 aliphatic rings. The smallest absolute Gasteiger partial charge is 0.338 e. The van der Waals surface area contributed by atoms with E-state index in [0.29, 0.717) is 17.5 Å². The molecule has 0 aromatic heterocycles. The molecule has 0 bridgehead atoms. The van der Waals surface area contributed by atoms with Gasteiger partial charge in [0.2, 0.25) is 0 Å². The first-order chi connectivity index (χ1) is 16.1. The van der Waals surface area contributed by atoms with Crippen LogP contribution in [0.15, 0.2) is 84.0 Å². The summed E-state index contributed by atoms with van der Waals surface area (Å²) >= 11 is 0. The van der Waals surface area contributed by atoms with Crippen molar-refractivity contribution in [1.29, 1.82) is 0 Å². The van der Waals surface area contributed by atoms with Gasteiger partial charge in [0.15, 0.2) is 6.61 Å². The molecule has 1 aliphatic heterocycles. The normalized spacial score (nSPS) is 15.2. The Morgan fingerprint density at radius 1 is 1.00 bits per heavy atom. The van der Waals surface area contributed by atoms with E-state index in [-0.39, 0.29) is 12.6 Å². The largest absolute Gasteiger partial charge is 0.497 e. The number of hydrogen-bond acceptors (Lipinski definition) is 6. The molecule has 3 aromatic rings. The maximum Gasteiger partial charge on any atom is 0.338 e. The minimum Gasteiger partial charge on any atom is -0.497 e. The second-order valence-electron chi connectivity index (χ2n) is 7.58. The molecule has 1 amide bonds. The maximum atomic E-state index is 13.0.